The first-order chi connectivity index (χ1) is 9.36. The number of nitrogens with one attached hydrogen (secondary N) is 1. The van der Waals surface area contributed by atoms with Crippen LogP contribution in [0.15, 0.2) is 30.5 Å². The average molecular weight is 256 g/mol. The maximum atomic E-state index is 4.37. The van der Waals surface area contributed by atoms with Gasteiger partial charge in [0.2, 0.25) is 0 Å². The van der Waals surface area contributed by atoms with Gasteiger partial charge < -0.3 is 10.2 Å². The minimum atomic E-state index is 0.551. The zero-order chi connectivity index (χ0) is 13.1. The molecule has 0 spiro atoms. The summed E-state index contributed by atoms with van der Waals surface area (Å²) in [6.45, 7) is 2.22. The largest absolute Gasteiger partial charge is 0.355 e. The van der Waals surface area contributed by atoms with Gasteiger partial charge in [-0.15, -0.1) is 5.10 Å². The topological polar surface area (TPSA) is 41.1 Å². The molecule has 2 heterocycles. The Balaban J connectivity index is 1.94. The third-order valence-corrected chi connectivity index (χ3v) is 3.98. The highest BCUT2D eigenvalue weighted by Gasteiger charge is 2.19. The molecule has 1 N–H and O–H groups in total. The zero-order valence-corrected chi connectivity index (χ0v) is 11.3. The van der Waals surface area contributed by atoms with Crippen molar-refractivity contribution < 1.29 is 0 Å². The number of rotatable bonds is 2. The van der Waals surface area contributed by atoms with Gasteiger partial charge in [-0.25, -0.2) is 0 Å². The number of nitrogens with zero attached hydrogens (tertiary/aromatic N) is 3. The number of anilines is 1. The van der Waals surface area contributed by atoms with E-state index in [0.29, 0.717) is 6.04 Å². The molecular weight excluding hydrogens is 236 g/mol. The lowest BCUT2D eigenvalue weighted by molar-refractivity contribution is 0.562. The van der Waals surface area contributed by atoms with Crippen molar-refractivity contribution in [1.29, 1.82) is 0 Å². The summed E-state index contributed by atoms with van der Waals surface area (Å²) in [5.74, 6) is 1.00. The Bertz CT molecular complexity index is 541. The highest BCUT2D eigenvalue weighted by molar-refractivity contribution is 5.91. The maximum Gasteiger partial charge on any atom is 0.159 e. The second-order valence-electron chi connectivity index (χ2n) is 5.20. The Morgan fingerprint density at radius 2 is 2.11 bits per heavy atom. The monoisotopic (exact) mass is 256 g/mol. The quantitative estimate of drug-likeness (QED) is 0.894. The Morgan fingerprint density at radius 3 is 3.05 bits per heavy atom. The number of fused-ring (bicyclic) bond motifs is 1. The SMILES string of the molecule is CN(c1nncc2ccccc12)C1CCCNCC1. The molecule has 0 radical (unpaired) electrons. The van der Waals surface area contributed by atoms with E-state index in [0.717, 1.165) is 24.3 Å². The van der Waals surface area contributed by atoms with Crippen LogP contribution >= 0.6 is 0 Å². The van der Waals surface area contributed by atoms with Crippen molar-refractivity contribution in [1.82, 2.24) is 15.5 Å². The van der Waals surface area contributed by atoms with E-state index in [1.54, 1.807) is 0 Å². The van der Waals surface area contributed by atoms with Crippen LogP contribution in [0.2, 0.25) is 0 Å². The number of aromatic nitrogens is 2. The predicted molar refractivity (Wildman–Crippen MR) is 78.4 cm³/mol. The first kappa shape index (κ1) is 12.4. The fourth-order valence-corrected chi connectivity index (χ4v) is 2.83. The standard InChI is InChI=1S/C15H20N4/c1-19(13-6-4-9-16-10-8-13)15-14-7-3-2-5-12(14)11-17-18-15/h2-3,5,7,11,13,16H,4,6,8-10H2,1H3. The van der Waals surface area contributed by atoms with Crippen LogP contribution in [0.5, 0.6) is 0 Å². The summed E-state index contributed by atoms with van der Waals surface area (Å²) >= 11 is 0. The molecule has 1 aliphatic heterocycles. The van der Waals surface area contributed by atoms with Gasteiger partial charge in [-0.1, -0.05) is 24.3 Å². The van der Waals surface area contributed by atoms with Gasteiger partial charge in [0.1, 0.15) is 0 Å². The van der Waals surface area contributed by atoms with E-state index in [-0.39, 0.29) is 0 Å². The number of hydrogen-bond donors (Lipinski definition) is 1. The van der Waals surface area contributed by atoms with E-state index in [4.69, 9.17) is 0 Å². The Morgan fingerprint density at radius 1 is 1.21 bits per heavy atom. The lowest BCUT2D eigenvalue weighted by atomic mass is 10.1. The number of hydrogen-bond acceptors (Lipinski definition) is 4. The highest BCUT2D eigenvalue weighted by atomic mass is 15.3. The van der Waals surface area contributed by atoms with Crippen molar-refractivity contribution in [2.24, 2.45) is 0 Å². The van der Waals surface area contributed by atoms with Crippen LogP contribution in [0.4, 0.5) is 5.82 Å². The van der Waals surface area contributed by atoms with Crippen molar-refractivity contribution in [2.75, 3.05) is 25.0 Å². The van der Waals surface area contributed by atoms with E-state index in [2.05, 4.69) is 45.7 Å². The van der Waals surface area contributed by atoms with Gasteiger partial charge in [0.15, 0.2) is 5.82 Å². The summed E-state index contributed by atoms with van der Waals surface area (Å²) in [7, 11) is 2.15. The molecule has 0 bridgehead atoms. The molecule has 1 aliphatic rings. The second kappa shape index (κ2) is 5.53. The highest BCUT2D eigenvalue weighted by Crippen LogP contribution is 2.25. The van der Waals surface area contributed by atoms with Crippen LogP contribution in [0.25, 0.3) is 10.8 Å². The molecule has 3 rings (SSSR count). The minimum Gasteiger partial charge on any atom is -0.355 e. The minimum absolute atomic E-state index is 0.551. The first-order valence-corrected chi connectivity index (χ1v) is 7.00. The summed E-state index contributed by atoms with van der Waals surface area (Å²) in [4.78, 5) is 2.31. The molecule has 0 saturated carbocycles. The van der Waals surface area contributed by atoms with Crippen molar-refractivity contribution in [3.05, 3.63) is 30.5 Å². The Labute approximate surface area is 113 Å². The molecule has 100 valence electrons. The van der Waals surface area contributed by atoms with Gasteiger partial charge in [0, 0.05) is 23.9 Å². The van der Waals surface area contributed by atoms with Crippen molar-refractivity contribution in [3.8, 4) is 0 Å². The molecule has 1 saturated heterocycles. The summed E-state index contributed by atoms with van der Waals surface area (Å²) in [6.07, 6.45) is 5.45. The lowest BCUT2D eigenvalue weighted by Crippen LogP contribution is -2.33. The van der Waals surface area contributed by atoms with E-state index in [1.807, 2.05) is 12.3 Å². The van der Waals surface area contributed by atoms with E-state index >= 15 is 0 Å². The third kappa shape index (κ3) is 2.54. The zero-order valence-electron chi connectivity index (χ0n) is 11.3. The van der Waals surface area contributed by atoms with Gasteiger partial charge in [-0.2, -0.15) is 5.10 Å². The molecule has 1 fully saturated rings. The smallest absolute Gasteiger partial charge is 0.159 e. The maximum absolute atomic E-state index is 4.37. The summed E-state index contributed by atoms with van der Waals surface area (Å²) in [5.41, 5.74) is 0. The predicted octanol–water partition coefficient (Wildman–Crippen LogP) is 2.21. The molecule has 0 aliphatic carbocycles. The van der Waals surface area contributed by atoms with E-state index in [1.165, 1.54) is 24.6 Å². The second-order valence-corrected chi connectivity index (χ2v) is 5.20. The van der Waals surface area contributed by atoms with Gasteiger partial charge >= 0.3 is 0 Å². The fourth-order valence-electron chi connectivity index (χ4n) is 2.83. The molecule has 2 aromatic rings. The van der Waals surface area contributed by atoms with E-state index in [9.17, 15) is 0 Å². The van der Waals surface area contributed by atoms with Crippen LogP contribution in [0.3, 0.4) is 0 Å². The van der Waals surface area contributed by atoms with Crippen LogP contribution in [-0.4, -0.2) is 36.4 Å². The molecule has 1 aromatic carbocycles. The Kier molecular flexibility index (Phi) is 3.60. The van der Waals surface area contributed by atoms with Crippen LogP contribution in [0.1, 0.15) is 19.3 Å². The van der Waals surface area contributed by atoms with Crippen LogP contribution in [0, 0.1) is 0 Å². The lowest BCUT2D eigenvalue weighted by Gasteiger charge is -2.28. The summed E-state index contributed by atoms with van der Waals surface area (Å²) < 4.78 is 0. The molecule has 1 aromatic heterocycles. The third-order valence-electron chi connectivity index (χ3n) is 3.98. The van der Waals surface area contributed by atoms with Crippen molar-refractivity contribution in [3.63, 3.8) is 0 Å². The molecular formula is C15H20N4. The van der Waals surface area contributed by atoms with Crippen LogP contribution < -0.4 is 10.2 Å². The summed E-state index contributed by atoms with van der Waals surface area (Å²) in [5, 5.41) is 14.3. The van der Waals surface area contributed by atoms with Crippen molar-refractivity contribution in [2.45, 2.75) is 25.3 Å². The molecule has 19 heavy (non-hydrogen) atoms. The normalized spacial score (nSPS) is 20.2. The molecule has 4 heteroatoms. The Hall–Kier alpha value is -1.68. The molecule has 1 atom stereocenters. The van der Waals surface area contributed by atoms with Gasteiger partial charge in [0.05, 0.1) is 6.20 Å². The molecule has 4 nitrogen and oxygen atoms in total. The van der Waals surface area contributed by atoms with Crippen LogP contribution in [-0.2, 0) is 0 Å². The van der Waals surface area contributed by atoms with Gasteiger partial charge in [-0.3, -0.25) is 0 Å². The molecule has 0 amide bonds. The van der Waals surface area contributed by atoms with E-state index < -0.39 is 0 Å². The van der Waals surface area contributed by atoms with Gasteiger partial charge in [-0.05, 0) is 32.4 Å². The summed E-state index contributed by atoms with van der Waals surface area (Å²) in [6, 6.07) is 8.88. The van der Waals surface area contributed by atoms with Crippen molar-refractivity contribution >= 4 is 16.6 Å². The van der Waals surface area contributed by atoms with Gasteiger partial charge in [0.25, 0.3) is 0 Å². The fraction of sp³-hybridized carbons (Fsp3) is 0.467. The average Bonchev–Trinajstić information content (AvgIpc) is 2.75. The first-order valence-electron chi connectivity index (χ1n) is 7.00. The molecule has 1 unspecified atom stereocenters. The number of benzene rings is 1.